The maximum absolute atomic E-state index is 12.4. The largest absolute Gasteiger partial charge is 0.458 e. The fraction of sp³-hybridized carbons (Fsp3) is 0.667. The van der Waals surface area contributed by atoms with E-state index >= 15 is 0 Å². The van der Waals surface area contributed by atoms with Crippen LogP contribution in [-0.2, 0) is 25.4 Å². The highest BCUT2D eigenvalue weighted by molar-refractivity contribution is 6.74. The van der Waals surface area contributed by atoms with Gasteiger partial charge in [0.05, 0.1) is 25.2 Å². The van der Waals surface area contributed by atoms with Crippen LogP contribution in [0.25, 0.3) is 0 Å². The maximum atomic E-state index is 12.4. The molecule has 0 bridgehead atoms. The van der Waals surface area contributed by atoms with E-state index in [-0.39, 0.29) is 29.1 Å². The number of hydrogen-bond acceptors (Lipinski definition) is 5. The molecule has 0 unspecified atom stereocenters. The number of hydrogen-bond donors (Lipinski definition) is 1. The fourth-order valence-corrected chi connectivity index (χ4v) is 3.94. The van der Waals surface area contributed by atoms with E-state index in [0.717, 1.165) is 18.4 Å². The molecule has 1 N–H and O–H groups in total. The summed E-state index contributed by atoms with van der Waals surface area (Å²) >= 11 is 0. The normalized spacial score (nSPS) is 23.5. The number of benzene rings is 1. The molecule has 0 aliphatic carbocycles. The Kier molecular flexibility index (Phi) is 7.62. The lowest BCUT2D eigenvalue weighted by Gasteiger charge is -2.37. The molecule has 1 aromatic rings. The molecular weight excluding hydrogens is 358 g/mol. The van der Waals surface area contributed by atoms with Crippen molar-refractivity contribution in [2.45, 2.75) is 77.4 Å². The van der Waals surface area contributed by atoms with Crippen LogP contribution >= 0.6 is 0 Å². The number of ether oxygens (including phenoxy) is 1. The van der Waals surface area contributed by atoms with E-state index in [4.69, 9.17) is 14.0 Å². The molecule has 0 spiro atoms. The summed E-state index contributed by atoms with van der Waals surface area (Å²) in [5, 5.41) is 0.116. The van der Waals surface area contributed by atoms with Crippen molar-refractivity contribution in [2.75, 3.05) is 6.61 Å². The molecule has 1 saturated heterocycles. The van der Waals surface area contributed by atoms with Crippen LogP contribution in [0, 0.1) is 5.92 Å². The molecule has 3 atom stereocenters. The third-order valence-electron chi connectivity index (χ3n) is 5.72. The highest BCUT2D eigenvalue weighted by Crippen LogP contribution is 2.37. The Morgan fingerprint density at radius 3 is 2.44 bits per heavy atom. The molecule has 152 valence electrons. The molecular formula is C21H35NO4Si. The van der Waals surface area contributed by atoms with Crippen LogP contribution in [0.4, 0.5) is 0 Å². The van der Waals surface area contributed by atoms with Gasteiger partial charge in [-0.15, -0.1) is 0 Å². The number of carbonyl (C=O) groups is 1. The van der Waals surface area contributed by atoms with Gasteiger partial charge in [0.15, 0.2) is 8.32 Å². The Bertz CT molecular complexity index is 600. The molecule has 2 rings (SSSR count). The predicted molar refractivity (Wildman–Crippen MR) is 110 cm³/mol. The highest BCUT2D eigenvalue weighted by atomic mass is 28.4. The van der Waals surface area contributed by atoms with E-state index in [1.54, 1.807) is 0 Å². The summed E-state index contributed by atoms with van der Waals surface area (Å²) in [6, 6.07) is 9.78. The second-order valence-electron chi connectivity index (χ2n) is 8.86. The summed E-state index contributed by atoms with van der Waals surface area (Å²) in [4.78, 5) is 18.1. The Balaban J connectivity index is 1.99. The topological polar surface area (TPSA) is 56.8 Å². The molecule has 5 nitrogen and oxygen atoms in total. The van der Waals surface area contributed by atoms with E-state index in [2.05, 4.69) is 46.3 Å². The molecule has 6 heteroatoms. The molecule has 1 aliphatic heterocycles. The zero-order valence-electron chi connectivity index (χ0n) is 17.6. The highest BCUT2D eigenvalue weighted by Gasteiger charge is 2.46. The summed E-state index contributed by atoms with van der Waals surface area (Å²) in [6.45, 7) is 14.0. The Morgan fingerprint density at radius 2 is 1.85 bits per heavy atom. The van der Waals surface area contributed by atoms with Crippen molar-refractivity contribution in [2.24, 2.45) is 5.92 Å². The fourth-order valence-electron chi connectivity index (χ4n) is 2.92. The Morgan fingerprint density at radius 1 is 1.19 bits per heavy atom. The summed E-state index contributed by atoms with van der Waals surface area (Å²) in [7, 11) is -1.91. The van der Waals surface area contributed by atoms with E-state index in [0.29, 0.717) is 13.2 Å². The van der Waals surface area contributed by atoms with E-state index in [9.17, 15) is 4.79 Å². The summed E-state index contributed by atoms with van der Waals surface area (Å²) in [5.41, 5.74) is 4.19. The van der Waals surface area contributed by atoms with Gasteiger partial charge in [0.2, 0.25) is 0 Å². The average Bonchev–Trinajstić information content (AvgIpc) is 2.89. The van der Waals surface area contributed by atoms with Crippen molar-refractivity contribution in [3.05, 3.63) is 35.9 Å². The van der Waals surface area contributed by atoms with Gasteiger partial charge in [0.25, 0.3) is 0 Å². The van der Waals surface area contributed by atoms with Crippen LogP contribution in [0.1, 0.15) is 46.1 Å². The third kappa shape index (κ3) is 5.88. The summed E-state index contributed by atoms with van der Waals surface area (Å²) in [5.74, 6) is -0.347. The van der Waals surface area contributed by atoms with Crippen LogP contribution in [0.15, 0.2) is 30.3 Å². The van der Waals surface area contributed by atoms with E-state index < -0.39 is 8.32 Å². The van der Waals surface area contributed by atoms with Crippen molar-refractivity contribution in [1.82, 2.24) is 5.48 Å². The van der Waals surface area contributed by atoms with Crippen LogP contribution in [0.2, 0.25) is 18.1 Å². The molecule has 1 heterocycles. The molecule has 0 radical (unpaired) electrons. The lowest BCUT2D eigenvalue weighted by molar-refractivity contribution is -0.145. The number of cyclic esters (lactones) is 1. The first-order chi connectivity index (χ1) is 12.7. The first kappa shape index (κ1) is 22.1. The van der Waals surface area contributed by atoms with Gasteiger partial charge in [0.1, 0.15) is 6.10 Å². The van der Waals surface area contributed by atoms with Crippen LogP contribution in [0.3, 0.4) is 0 Å². The van der Waals surface area contributed by atoms with Gasteiger partial charge in [0, 0.05) is 0 Å². The number of hydroxylamine groups is 1. The van der Waals surface area contributed by atoms with Crippen LogP contribution in [0.5, 0.6) is 0 Å². The van der Waals surface area contributed by atoms with Crippen molar-refractivity contribution < 1.29 is 18.8 Å². The van der Waals surface area contributed by atoms with Gasteiger partial charge in [-0.25, -0.2) is 0 Å². The van der Waals surface area contributed by atoms with Crippen LogP contribution in [-0.4, -0.2) is 33.0 Å². The monoisotopic (exact) mass is 393 g/mol. The van der Waals surface area contributed by atoms with Crippen molar-refractivity contribution in [1.29, 1.82) is 0 Å². The second-order valence-corrected chi connectivity index (χ2v) is 13.7. The smallest absolute Gasteiger partial charge is 0.311 e. The van der Waals surface area contributed by atoms with Gasteiger partial charge in [-0.1, -0.05) is 64.4 Å². The molecule has 1 aliphatic rings. The minimum absolute atomic E-state index is 0.116. The number of rotatable bonds is 9. The Labute approximate surface area is 164 Å². The molecule has 27 heavy (non-hydrogen) atoms. The van der Waals surface area contributed by atoms with Gasteiger partial charge in [-0.2, -0.15) is 5.48 Å². The average molecular weight is 394 g/mol. The summed E-state index contributed by atoms with van der Waals surface area (Å²) < 4.78 is 12.0. The number of esters is 1. The minimum Gasteiger partial charge on any atom is -0.458 e. The van der Waals surface area contributed by atoms with Crippen molar-refractivity contribution >= 4 is 14.3 Å². The van der Waals surface area contributed by atoms with Gasteiger partial charge in [-0.3, -0.25) is 9.63 Å². The minimum atomic E-state index is -1.91. The first-order valence-corrected chi connectivity index (χ1v) is 12.8. The molecule has 1 fully saturated rings. The van der Waals surface area contributed by atoms with Gasteiger partial charge >= 0.3 is 5.97 Å². The second kappa shape index (κ2) is 9.32. The zero-order valence-corrected chi connectivity index (χ0v) is 18.6. The lowest BCUT2D eigenvalue weighted by Crippen LogP contribution is -2.47. The van der Waals surface area contributed by atoms with Crippen LogP contribution < -0.4 is 5.48 Å². The van der Waals surface area contributed by atoms with Crippen molar-refractivity contribution in [3.8, 4) is 0 Å². The van der Waals surface area contributed by atoms with Gasteiger partial charge in [-0.05, 0) is 30.1 Å². The third-order valence-corrected chi connectivity index (χ3v) is 10.2. The molecule has 0 amide bonds. The van der Waals surface area contributed by atoms with E-state index in [1.807, 2.05) is 30.3 Å². The quantitative estimate of drug-likeness (QED) is 0.382. The SMILES string of the molecule is CCC[C@@H]1C(=O)O[C@H](CO[Si](C)(C)C(C)(C)C)[C@H]1NOCc1ccccc1. The lowest BCUT2D eigenvalue weighted by atomic mass is 9.95. The number of nitrogens with one attached hydrogen (secondary N) is 1. The zero-order chi connectivity index (χ0) is 20.1. The van der Waals surface area contributed by atoms with Crippen molar-refractivity contribution in [3.63, 3.8) is 0 Å². The maximum Gasteiger partial charge on any atom is 0.311 e. The van der Waals surface area contributed by atoms with Gasteiger partial charge < -0.3 is 9.16 Å². The number of carbonyl (C=O) groups excluding carboxylic acids is 1. The standard InChI is InChI=1S/C21H35NO4Si/c1-7-11-17-19(22-24-14-16-12-9-8-10-13-16)18(26-20(17)23)15-25-27(5,6)21(2,3)4/h8-10,12-13,17-19,22H,7,11,14-15H2,1-6H3/t17-,18+,19-/m0/s1. The van der Waals surface area contributed by atoms with E-state index in [1.165, 1.54) is 0 Å². The molecule has 1 aromatic carbocycles. The molecule has 0 aromatic heterocycles. The summed E-state index contributed by atoms with van der Waals surface area (Å²) in [6.07, 6.45) is 1.38. The Hall–Kier alpha value is -1.21. The predicted octanol–water partition coefficient (Wildman–Crippen LogP) is 4.44. The first-order valence-electron chi connectivity index (χ1n) is 9.91. The molecule has 0 saturated carbocycles.